The summed E-state index contributed by atoms with van der Waals surface area (Å²) >= 11 is 0. The van der Waals surface area contributed by atoms with Gasteiger partial charge in [-0.2, -0.15) is 0 Å². The Bertz CT molecular complexity index is 423. The fourth-order valence-electron chi connectivity index (χ4n) is 3.85. The number of aliphatic hydroxyl groups excluding tert-OH is 1. The Morgan fingerprint density at radius 2 is 1.75 bits per heavy atom. The first-order valence-electron chi connectivity index (χ1n) is 7.82. The van der Waals surface area contributed by atoms with E-state index in [2.05, 4.69) is 6.92 Å². The molecule has 5 heteroatoms. The molecule has 0 radical (unpaired) electrons. The molecule has 3 atom stereocenters. The Labute approximate surface area is 122 Å². The van der Waals surface area contributed by atoms with E-state index in [4.69, 9.17) is 0 Å². The van der Waals surface area contributed by atoms with Gasteiger partial charge < -0.3 is 10.2 Å². The van der Waals surface area contributed by atoms with E-state index in [1.807, 2.05) is 0 Å². The van der Waals surface area contributed by atoms with Gasteiger partial charge in [0.15, 0.2) is 0 Å². The van der Waals surface area contributed by atoms with Gasteiger partial charge in [0.1, 0.15) is 9.84 Å². The van der Waals surface area contributed by atoms with Crippen LogP contribution in [0.5, 0.6) is 0 Å². The van der Waals surface area contributed by atoms with E-state index in [0.717, 1.165) is 25.7 Å². The molecular formula is C15H28O4S. The molecule has 2 aliphatic rings. The Hall–Kier alpha value is -0.130. The Balaban J connectivity index is 2.03. The second-order valence-electron chi connectivity index (χ2n) is 7.11. The molecule has 0 amide bonds. The van der Waals surface area contributed by atoms with Crippen molar-refractivity contribution in [3.63, 3.8) is 0 Å². The van der Waals surface area contributed by atoms with Gasteiger partial charge in [-0.1, -0.05) is 13.3 Å². The van der Waals surface area contributed by atoms with Gasteiger partial charge >= 0.3 is 0 Å². The van der Waals surface area contributed by atoms with Gasteiger partial charge in [0, 0.05) is 6.26 Å². The number of rotatable bonds is 3. The molecule has 0 heterocycles. The van der Waals surface area contributed by atoms with E-state index in [1.54, 1.807) is 0 Å². The molecule has 0 aromatic carbocycles. The highest BCUT2D eigenvalue weighted by Crippen LogP contribution is 2.40. The zero-order chi connectivity index (χ0) is 15.0. The highest BCUT2D eigenvalue weighted by Gasteiger charge is 2.44. The minimum Gasteiger partial charge on any atom is -0.390 e. The van der Waals surface area contributed by atoms with Crippen LogP contribution in [0.1, 0.15) is 58.3 Å². The lowest BCUT2D eigenvalue weighted by atomic mass is 9.70. The molecule has 118 valence electrons. The monoisotopic (exact) mass is 304 g/mol. The SMILES string of the molecule is CC1CCC(O)(C(O)C2CCCC(S(C)(=O)=O)C2)CC1. The normalized spacial score (nSPS) is 41.3. The topological polar surface area (TPSA) is 74.6 Å². The van der Waals surface area contributed by atoms with E-state index in [-0.39, 0.29) is 11.2 Å². The molecule has 2 N–H and O–H groups in total. The average molecular weight is 304 g/mol. The van der Waals surface area contributed by atoms with E-state index in [1.165, 1.54) is 6.26 Å². The maximum Gasteiger partial charge on any atom is 0.150 e. The quantitative estimate of drug-likeness (QED) is 0.835. The van der Waals surface area contributed by atoms with Crippen LogP contribution in [0.2, 0.25) is 0 Å². The fourth-order valence-corrected chi connectivity index (χ4v) is 5.04. The van der Waals surface area contributed by atoms with Crippen LogP contribution < -0.4 is 0 Å². The maximum absolute atomic E-state index is 11.7. The summed E-state index contributed by atoms with van der Waals surface area (Å²) in [6, 6.07) is 0. The molecule has 0 spiro atoms. The van der Waals surface area contributed by atoms with Gasteiger partial charge in [0.25, 0.3) is 0 Å². The largest absolute Gasteiger partial charge is 0.390 e. The van der Waals surface area contributed by atoms with Gasteiger partial charge in [-0.15, -0.1) is 0 Å². The lowest BCUT2D eigenvalue weighted by Gasteiger charge is -2.43. The van der Waals surface area contributed by atoms with Crippen molar-refractivity contribution in [2.45, 2.75) is 75.2 Å². The van der Waals surface area contributed by atoms with Crippen molar-refractivity contribution in [2.24, 2.45) is 11.8 Å². The maximum atomic E-state index is 11.7. The predicted octanol–water partition coefficient (Wildman–Crippen LogP) is 1.89. The smallest absolute Gasteiger partial charge is 0.150 e. The van der Waals surface area contributed by atoms with Crippen molar-refractivity contribution in [3.05, 3.63) is 0 Å². The highest BCUT2D eigenvalue weighted by molar-refractivity contribution is 7.91. The third-order valence-corrected chi connectivity index (χ3v) is 7.05. The predicted molar refractivity (Wildman–Crippen MR) is 79.2 cm³/mol. The molecule has 0 aromatic rings. The Kier molecular flexibility index (Phi) is 4.82. The lowest BCUT2D eigenvalue weighted by Crippen LogP contribution is -2.50. The number of sulfone groups is 1. The second-order valence-corrected chi connectivity index (χ2v) is 9.43. The molecule has 0 aromatic heterocycles. The first-order chi connectivity index (χ1) is 9.22. The van der Waals surface area contributed by atoms with E-state index in [0.29, 0.717) is 31.6 Å². The van der Waals surface area contributed by atoms with Crippen LogP contribution in [-0.4, -0.2) is 41.8 Å². The molecule has 4 nitrogen and oxygen atoms in total. The third-order valence-electron chi connectivity index (χ3n) is 5.41. The zero-order valence-electron chi connectivity index (χ0n) is 12.6. The van der Waals surface area contributed by atoms with Crippen LogP contribution in [0.15, 0.2) is 0 Å². The van der Waals surface area contributed by atoms with Crippen molar-refractivity contribution in [1.82, 2.24) is 0 Å². The van der Waals surface area contributed by atoms with Crippen molar-refractivity contribution in [2.75, 3.05) is 6.26 Å². The molecule has 2 saturated carbocycles. The highest BCUT2D eigenvalue weighted by atomic mass is 32.2. The molecule has 2 rings (SSSR count). The molecule has 3 unspecified atom stereocenters. The van der Waals surface area contributed by atoms with Gasteiger partial charge in [-0.25, -0.2) is 8.42 Å². The second kappa shape index (κ2) is 5.93. The minimum atomic E-state index is -3.04. The van der Waals surface area contributed by atoms with Gasteiger partial charge in [0.2, 0.25) is 0 Å². The minimum absolute atomic E-state index is 0.0816. The molecule has 20 heavy (non-hydrogen) atoms. The third kappa shape index (κ3) is 3.55. The van der Waals surface area contributed by atoms with E-state index < -0.39 is 21.5 Å². The molecule has 0 saturated heterocycles. The Morgan fingerprint density at radius 3 is 2.30 bits per heavy atom. The first-order valence-corrected chi connectivity index (χ1v) is 9.77. The molecule has 0 bridgehead atoms. The van der Waals surface area contributed by atoms with Crippen molar-refractivity contribution < 1.29 is 18.6 Å². The van der Waals surface area contributed by atoms with Gasteiger partial charge in [-0.3, -0.25) is 0 Å². The number of aliphatic hydroxyl groups is 2. The fraction of sp³-hybridized carbons (Fsp3) is 1.00. The van der Waals surface area contributed by atoms with E-state index in [9.17, 15) is 18.6 Å². The van der Waals surface area contributed by atoms with Gasteiger partial charge in [0.05, 0.1) is 17.0 Å². The van der Waals surface area contributed by atoms with Crippen LogP contribution in [-0.2, 0) is 9.84 Å². The van der Waals surface area contributed by atoms with Gasteiger partial charge in [-0.05, 0) is 56.8 Å². The number of hydrogen-bond acceptors (Lipinski definition) is 4. The van der Waals surface area contributed by atoms with Crippen LogP contribution in [0.25, 0.3) is 0 Å². The van der Waals surface area contributed by atoms with Crippen LogP contribution in [0.3, 0.4) is 0 Å². The van der Waals surface area contributed by atoms with Crippen LogP contribution in [0.4, 0.5) is 0 Å². The van der Waals surface area contributed by atoms with Crippen molar-refractivity contribution >= 4 is 9.84 Å². The summed E-state index contributed by atoms with van der Waals surface area (Å²) in [6.07, 6.45) is 6.49. The first kappa shape index (κ1) is 16.2. The zero-order valence-corrected chi connectivity index (χ0v) is 13.4. The summed E-state index contributed by atoms with van der Waals surface area (Å²) in [4.78, 5) is 0. The molecule has 2 fully saturated rings. The van der Waals surface area contributed by atoms with Crippen molar-refractivity contribution in [3.8, 4) is 0 Å². The molecular weight excluding hydrogens is 276 g/mol. The average Bonchev–Trinajstić information content (AvgIpc) is 2.41. The van der Waals surface area contributed by atoms with Crippen LogP contribution >= 0.6 is 0 Å². The lowest BCUT2D eigenvalue weighted by molar-refractivity contribution is -0.129. The standard InChI is InChI=1S/C15H28O4S/c1-11-6-8-15(17,9-7-11)14(16)12-4-3-5-13(10-12)20(2,18)19/h11-14,16-17H,3-10H2,1-2H3. The summed E-state index contributed by atoms with van der Waals surface area (Å²) in [7, 11) is -3.04. The number of hydrogen-bond donors (Lipinski definition) is 2. The van der Waals surface area contributed by atoms with E-state index >= 15 is 0 Å². The molecule has 2 aliphatic carbocycles. The summed E-state index contributed by atoms with van der Waals surface area (Å²) < 4.78 is 23.4. The summed E-state index contributed by atoms with van der Waals surface area (Å²) in [5, 5.41) is 20.9. The summed E-state index contributed by atoms with van der Waals surface area (Å²) in [5.41, 5.74) is -1.00. The van der Waals surface area contributed by atoms with Crippen molar-refractivity contribution in [1.29, 1.82) is 0 Å². The summed E-state index contributed by atoms with van der Waals surface area (Å²) in [6.45, 7) is 2.17. The Morgan fingerprint density at radius 1 is 1.15 bits per heavy atom. The summed E-state index contributed by atoms with van der Waals surface area (Å²) in [5.74, 6) is 0.527. The van der Waals surface area contributed by atoms with Crippen LogP contribution in [0, 0.1) is 11.8 Å². The molecule has 0 aliphatic heterocycles.